The van der Waals surface area contributed by atoms with Crippen molar-refractivity contribution in [3.63, 3.8) is 0 Å². The van der Waals surface area contributed by atoms with Crippen molar-refractivity contribution in [2.45, 2.75) is 26.5 Å². The van der Waals surface area contributed by atoms with Crippen molar-refractivity contribution in [3.8, 4) is 5.19 Å². The van der Waals surface area contributed by atoms with E-state index in [4.69, 9.17) is 4.74 Å². The Bertz CT molecular complexity index is 472. The van der Waals surface area contributed by atoms with Crippen LogP contribution >= 0.6 is 11.3 Å². The van der Waals surface area contributed by atoms with E-state index >= 15 is 0 Å². The van der Waals surface area contributed by atoms with Crippen LogP contribution in [-0.2, 0) is 6.54 Å². The van der Waals surface area contributed by atoms with E-state index in [1.807, 2.05) is 37.3 Å². The van der Waals surface area contributed by atoms with Gasteiger partial charge in [-0.15, -0.1) is 5.10 Å². The third-order valence-corrected chi connectivity index (χ3v) is 3.34. The molecule has 0 fully saturated rings. The third-order valence-electron chi connectivity index (χ3n) is 2.52. The van der Waals surface area contributed by atoms with Crippen LogP contribution in [0.2, 0.25) is 0 Å². The van der Waals surface area contributed by atoms with Gasteiger partial charge < -0.3 is 10.1 Å². The molecule has 0 bridgehead atoms. The Morgan fingerprint density at radius 2 is 2.06 bits per heavy atom. The molecule has 0 aliphatic rings. The molecule has 1 aromatic heterocycles. The van der Waals surface area contributed by atoms with Crippen molar-refractivity contribution in [2.75, 3.05) is 6.54 Å². The molecule has 1 atom stereocenters. The van der Waals surface area contributed by atoms with Crippen molar-refractivity contribution in [1.82, 2.24) is 15.5 Å². The normalized spacial score (nSPS) is 12.3. The van der Waals surface area contributed by atoms with Gasteiger partial charge in [0.05, 0.1) is 0 Å². The van der Waals surface area contributed by atoms with Crippen molar-refractivity contribution >= 4 is 11.3 Å². The molecule has 2 aromatic rings. The fraction of sp³-hybridized carbons (Fsp3) is 0.385. The minimum Gasteiger partial charge on any atom is -0.461 e. The summed E-state index contributed by atoms with van der Waals surface area (Å²) in [4.78, 5) is 0. The number of hydrogen-bond acceptors (Lipinski definition) is 5. The smallest absolute Gasteiger partial charge is 0.294 e. The molecule has 1 aromatic carbocycles. The minimum atomic E-state index is -0.00821. The summed E-state index contributed by atoms with van der Waals surface area (Å²) in [6, 6.07) is 10.1. The Morgan fingerprint density at radius 1 is 1.28 bits per heavy atom. The van der Waals surface area contributed by atoms with E-state index in [1.165, 1.54) is 11.3 Å². The number of ether oxygens (including phenoxy) is 1. The summed E-state index contributed by atoms with van der Waals surface area (Å²) in [7, 11) is 0. The monoisotopic (exact) mass is 263 g/mol. The van der Waals surface area contributed by atoms with E-state index in [-0.39, 0.29) is 6.10 Å². The van der Waals surface area contributed by atoms with Crippen molar-refractivity contribution in [3.05, 3.63) is 40.9 Å². The molecule has 1 unspecified atom stereocenters. The molecule has 0 saturated carbocycles. The Morgan fingerprint density at radius 3 is 2.78 bits per heavy atom. The van der Waals surface area contributed by atoms with Gasteiger partial charge in [0.2, 0.25) is 0 Å². The van der Waals surface area contributed by atoms with Crippen LogP contribution in [0.15, 0.2) is 30.3 Å². The molecule has 18 heavy (non-hydrogen) atoms. The molecule has 0 radical (unpaired) electrons. The van der Waals surface area contributed by atoms with Gasteiger partial charge in [0, 0.05) is 6.54 Å². The largest absolute Gasteiger partial charge is 0.461 e. The maximum Gasteiger partial charge on any atom is 0.294 e. The zero-order chi connectivity index (χ0) is 12.8. The maximum absolute atomic E-state index is 5.78. The number of hydrogen-bond donors (Lipinski definition) is 1. The van der Waals surface area contributed by atoms with E-state index in [9.17, 15) is 0 Å². The first-order chi connectivity index (χ1) is 8.79. The molecule has 1 heterocycles. The second-order valence-corrected chi connectivity index (χ2v) is 4.94. The van der Waals surface area contributed by atoms with Gasteiger partial charge in [-0.25, -0.2) is 0 Å². The quantitative estimate of drug-likeness (QED) is 0.870. The van der Waals surface area contributed by atoms with Crippen LogP contribution in [0, 0.1) is 0 Å². The molecule has 96 valence electrons. The van der Waals surface area contributed by atoms with Gasteiger partial charge >= 0.3 is 0 Å². The van der Waals surface area contributed by atoms with Crippen LogP contribution in [0.25, 0.3) is 0 Å². The summed E-state index contributed by atoms with van der Waals surface area (Å²) in [5.74, 6) is 0. The molecule has 0 spiro atoms. The summed E-state index contributed by atoms with van der Waals surface area (Å²) in [6.07, 6.45) is -0.00821. The molecule has 0 aliphatic heterocycles. The van der Waals surface area contributed by atoms with Gasteiger partial charge in [-0.2, -0.15) is 0 Å². The highest BCUT2D eigenvalue weighted by Gasteiger charge is 2.10. The number of benzene rings is 1. The molecule has 0 saturated heterocycles. The van der Waals surface area contributed by atoms with E-state index in [1.54, 1.807) is 0 Å². The molecular formula is C13H17N3OS. The van der Waals surface area contributed by atoms with E-state index in [0.717, 1.165) is 23.7 Å². The van der Waals surface area contributed by atoms with Crippen molar-refractivity contribution < 1.29 is 4.74 Å². The van der Waals surface area contributed by atoms with Crippen LogP contribution < -0.4 is 10.1 Å². The predicted octanol–water partition coefficient (Wildman–Crippen LogP) is 2.79. The zero-order valence-corrected chi connectivity index (χ0v) is 11.4. The number of nitrogens with one attached hydrogen (secondary N) is 1. The van der Waals surface area contributed by atoms with Gasteiger partial charge in [0.1, 0.15) is 11.1 Å². The lowest BCUT2D eigenvalue weighted by atomic mass is 10.1. The van der Waals surface area contributed by atoms with Crippen LogP contribution in [-0.4, -0.2) is 16.7 Å². The zero-order valence-electron chi connectivity index (χ0n) is 10.6. The fourth-order valence-corrected chi connectivity index (χ4v) is 2.26. The second kappa shape index (κ2) is 6.47. The molecule has 0 aliphatic carbocycles. The first kappa shape index (κ1) is 13.0. The topological polar surface area (TPSA) is 47.0 Å². The first-order valence-electron chi connectivity index (χ1n) is 6.04. The van der Waals surface area contributed by atoms with Crippen LogP contribution in [0.1, 0.15) is 30.5 Å². The van der Waals surface area contributed by atoms with Crippen LogP contribution in [0.3, 0.4) is 0 Å². The van der Waals surface area contributed by atoms with Gasteiger partial charge in [-0.05, 0) is 19.0 Å². The Hall–Kier alpha value is -1.46. The lowest BCUT2D eigenvalue weighted by Gasteiger charge is -2.11. The molecule has 1 N–H and O–H groups in total. The second-order valence-electron chi connectivity index (χ2n) is 3.91. The Kier molecular flexibility index (Phi) is 4.66. The maximum atomic E-state index is 5.78. The molecule has 5 heteroatoms. The number of rotatable bonds is 6. The summed E-state index contributed by atoms with van der Waals surface area (Å²) < 4.78 is 5.78. The standard InChI is InChI=1S/C13H17N3OS/c1-3-14-9-12-15-16-13(18-12)17-10(2)11-7-5-4-6-8-11/h4-8,10,14H,3,9H2,1-2H3. The van der Waals surface area contributed by atoms with Crippen LogP contribution in [0.5, 0.6) is 5.19 Å². The highest BCUT2D eigenvalue weighted by Crippen LogP contribution is 2.24. The number of nitrogens with zero attached hydrogens (tertiary/aromatic N) is 2. The fourth-order valence-electron chi connectivity index (χ4n) is 1.53. The van der Waals surface area contributed by atoms with Gasteiger partial charge in [0.25, 0.3) is 5.19 Å². The minimum absolute atomic E-state index is 0.00821. The SMILES string of the molecule is CCNCc1nnc(OC(C)c2ccccc2)s1. The number of aromatic nitrogens is 2. The van der Waals surface area contributed by atoms with Crippen molar-refractivity contribution in [1.29, 1.82) is 0 Å². The van der Waals surface area contributed by atoms with E-state index in [2.05, 4.69) is 22.4 Å². The lowest BCUT2D eigenvalue weighted by molar-refractivity contribution is 0.224. The molecule has 0 amide bonds. The third kappa shape index (κ3) is 3.51. The molecular weight excluding hydrogens is 246 g/mol. The molecule has 2 rings (SSSR count). The van der Waals surface area contributed by atoms with Crippen LogP contribution in [0.4, 0.5) is 0 Å². The van der Waals surface area contributed by atoms with Gasteiger partial charge in [-0.1, -0.05) is 53.7 Å². The van der Waals surface area contributed by atoms with E-state index in [0.29, 0.717) is 5.19 Å². The van der Waals surface area contributed by atoms with E-state index < -0.39 is 0 Å². The van der Waals surface area contributed by atoms with Gasteiger partial charge in [0.15, 0.2) is 0 Å². The summed E-state index contributed by atoms with van der Waals surface area (Å²) in [5.41, 5.74) is 1.14. The summed E-state index contributed by atoms with van der Waals surface area (Å²) in [5, 5.41) is 12.9. The predicted molar refractivity (Wildman–Crippen MR) is 72.8 cm³/mol. The average Bonchev–Trinajstić information content (AvgIpc) is 2.85. The average molecular weight is 263 g/mol. The summed E-state index contributed by atoms with van der Waals surface area (Å²) in [6.45, 7) is 5.75. The molecule has 4 nitrogen and oxygen atoms in total. The van der Waals surface area contributed by atoms with Gasteiger partial charge in [-0.3, -0.25) is 0 Å². The highest BCUT2D eigenvalue weighted by molar-refractivity contribution is 7.13. The highest BCUT2D eigenvalue weighted by atomic mass is 32.1. The Balaban J connectivity index is 1.95. The summed E-state index contributed by atoms with van der Waals surface area (Å²) >= 11 is 1.49. The Labute approximate surface area is 111 Å². The first-order valence-corrected chi connectivity index (χ1v) is 6.86. The van der Waals surface area contributed by atoms with Crippen molar-refractivity contribution in [2.24, 2.45) is 0 Å². The lowest BCUT2D eigenvalue weighted by Crippen LogP contribution is -2.11.